The molecule has 0 radical (unpaired) electrons. The molecule has 19 rings (SSSR count). The van der Waals surface area contributed by atoms with Crippen molar-refractivity contribution in [3.63, 3.8) is 0 Å². The molecule has 552 valence electrons. The number of hydrogen-bond donors (Lipinski definition) is 0. The van der Waals surface area contributed by atoms with Gasteiger partial charge in [-0.05, 0) is 192 Å². The van der Waals surface area contributed by atoms with Crippen molar-refractivity contribution in [3.05, 3.63) is 372 Å². The highest BCUT2D eigenvalue weighted by molar-refractivity contribution is 6.89. The molecular formula is C104H96N4O2Si2. The van der Waals surface area contributed by atoms with Gasteiger partial charge in [0.1, 0.15) is 23.0 Å². The zero-order chi connectivity index (χ0) is 77.4. The molecule has 4 aliphatic carbocycles. The standard InChI is InChI=1S/C55H50N2OSi.C49H46N2OSi/c1-54(2)47-35-41(56(38-21-13-9-14-22-38)40-27-31-43(32-28-40)59(5,6)7)29-33-45(47)52-50(54)51-53(58-52)46-34-30-42(36-48(46)55(51,3)4)57(39-23-15-10-16-24-39)49-26-18-17-25-44(49)37-19-11-8-12-20-37;1-48(2)42-31-37(50(33-17-11-8-12-18-33)34-19-13-9-14-20-34)25-29-40(42)46-44(48)45-47(52-46)41-30-26-38(32-43(41)49(45,3)4)51(35-21-15-10-16-22-35)36-23-27-39(28-24-36)53(5,6)7/h8-36H,1-7H3;8-32H,1-7H3. The van der Waals surface area contributed by atoms with Crippen LogP contribution in [0.1, 0.15) is 99.9 Å². The molecule has 2 aromatic heterocycles. The predicted octanol–water partition coefficient (Wildman–Crippen LogP) is 28.4. The van der Waals surface area contributed by atoms with Crippen LogP contribution in [0.3, 0.4) is 0 Å². The first-order valence-corrected chi connectivity index (χ1v) is 46.6. The average molecular weight is 1490 g/mol. The van der Waals surface area contributed by atoms with Gasteiger partial charge in [-0.1, -0.05) is 269 Å². The second-order valence-corrected chi connectivity index (χ2v) is 45.1. The molecule has 0 spiro atoms. The van der Waals surface area contributed by atoms with Crippen molar-refractivity contribution >= 4 is 94.8 Å². The van der Waals surface area contributed by atoms with Crippen molar-refractivity contribution in [2.75, 3.05) is 19.6 Å². The van der Waals surface area contributed by atoms with Gasteiger partial charge in [0.2, 0.25) is 0 Å². The second-order valence-electron chi connectivity index (χ2n) is 34.9. The van der Waals surface area contributed by atoms with E-state index in [1.165, 1.54) is 93.9 Å². The molecule has 0 atom stereocenters. The number of benzene rings is 13. The monoisotopic (exact) mass is 1490 g/mol. The molecular weight excluding hydrogens is 1390 g/mol. The summed E-state index contributed by atoms with van der Waals surface area (Å²) in [5.41, 5.74) is 30.2. The SMILES string of the molecule is CC1(C)c2cc(N(c3ccccc3)c3ccc([Si](C)(C)C)cc3)ccc2-c2oc3c(c21)C(C)(C)c1cc(N(c2ccccc2)c2ccccc2-c2ccccc2)ccc1-3.CC1(C)c2cc(N(c3ccccc3)c3ccccc3)ccc2-c2oc3c(c21)C(C)(C)c1cc(N(c2ccccc2)c2ccc([Si](C)(C)C)cc2)ccc1-3. The summed E-state index contributed by atoms with van der Waals surface area (Å²) < 4.78 is 14.2. The largest absolute Gasteiger partial charge is 0.455 e. The Bertz CT molecular complexity index is 6030. The minimum absolute atomic E-state index is 0.257. The van der Waals surface area contributed by atoms with Crippen molar-refractivity contribution in [2.45, 2.75) is 116 Å². The molecule has 13 aromatic carbocycles. The summed E-state index contributed by atoms with van der Waals surface area (Å²) in [7, 11) is -2.87. The summed E-state index contributed by atoms with van der Waals surface area (Å²) in [6, 6.07) is 119. The number of hydrogen-bond acceptors (Lipinski definition) is 6. The van der Waals surface area contributed by atoms with Gasteiger partial charge in [-0.3, -0.25) is 0 Å². The summed E-state index contributed by atoms with van der Waals surface area (Å²) in [6.45, 7) is 33.5. The average Bonchev–Trinajstić information content (AvgIpc) is 1.52. The van der Waals surface area contributed by atoms with Crippen LogP contribution in [0.4, 0.5) is 68.2 Å². The minimum Gasteiger partial charge on any atom is -0.455 e. The highest BCUT2D eigenvalue weighted by atomic mass is 28.3. The molecule has 0 saturated carbocycles. The Balaban J connectivity index is 0.000000157. The molecule has 15 aromatic rings. The van der Waals surface area contributed by atoms with Crippen LogP contribution in [0, 0.1) is 0 Å². The maximum absolute atomic E-state index is 7.13. The molecule has 0 aliphatic heterocycles. The van der Waals surface area contributed by atoms with Crippen molar-refractivity contribution in [3.8, 4) is 56.4 Å². The van der Waals surface area contributed by atoms with Gasteiger partial charge in [0.15, 0.2) is 0 Å². The Labute approximate surface area is 663 Å². The lowest BCUT2D eigenvalue weighted by atomic mass is 9.74. The number of furan rings is 2. The Morgan fingerprint density at radius 1 is 0.214 bits per heavy atom. The Kier molecular flexibility index (Phi) is 17.2. The lowest BCUT2D eigenvalue weighted by Crippen LogP contribution is -2.37. The summed E-state index contributed by atoms with van der Waals surface area (Å²) >= 11 is 0. The van der Waals surface area contributed by atoms with Gasteiger partial charge in [-0.25, -0.2) is 0 Å². The maximum Gasteiger partial charge on any atom is 0.139 e. The van der Waals surface area contributed by atoms with Crippen LogP contribution in [-0.4, -0.2) is 16.1 Å². The Morgan fingerprint density at radius 2 is 0.438 bits per heavy atom. The molecule has 112 heavy (non-hydrogen) atoms. The number of rotatable bonds is 15. The van der Waals surface area contributed by atoms with Crippen LogP contribution in [0.5, 0.6) is 0 Å². The van der Waals surface area contributed by atoms with Gasteiger partial charge in [0, 0.05) is 134 Å². The van der Waals surface area contributed by atoms with Crippen LogP contribution in [0.25, 0.3) is 56.4 Å². The van der Waals surface area contributed by atoms with Gasteiger partial charge in [0.05, 0.1) is 21.8 Å². The van der Waals surface area contributed by atoms with Crippen LogP contribution >= 0.6 is 0 Å². The molecule has 4 aliphatic rings. The molecule has 2 heterocycles. The van der Waals surface area contributed by atoms with E-state index in [0.717, 1.165) is 85.6 Å². The van der Waals surface area contributed by atoms with Gasteiger partial charge in [-0.15, -0.1) is 0 Å². The topological polar surface area (TPSA) is 39.2 Å². The quantitative estimate of drug-likeness (QED) is 0.0953. The van der Waals surface area contributed by atoms with Crippen LogP contribution in [0.15, 0.2) is 336 Å². The lowest BCUT2D eigenvalue weighted by Gasteiger charge is -2.31. The van der Waals surface area contributed by atoms with E-state index in [-0.39, 0.29) is 21.7 Å². The Hall–Kier alpha value is -11.9. The van der Waals surface area contributed by atoms with E-state index < -0.39 is 16.1 Å². The molecule has 6 nitrogen and oxygen atoms in total. The molecule has 8 heteroatoms. The fourth-order valence-electron chi connectivity index (χ4n) is 18.5. The predicted molar refractivity (Wildman–Crippen MR) is 478 cm³/mol. The van der Waals surface area contributed by atoms with E-state index in [1.807, 2.05) is 0 Å². The first kappa shape index (κ1) is 71.6. The van der Waals surface area contributed by atoms with Gasteiger partial charge >= 0.3 is 0 Å². The van der Waals surface area contributed by atoms with E-state index in [4.69, 9.17) is 8.83 Å². The normalized spacial score (nSPS) is 14.4. The van der Waals surface area contributed by atoms with E-state index in [9.17, 15) is 0 Å². The van der Waals surface area contributed by atoms with Crippen molar-refractivity contribution in [2.24, 2.45) is 0 Å². The third kappa shape index (κ3) is 11.9. The molecule has 0 bridgehead atoms. The van der Waals surface area contributed by atoms with E-state index in [1.54, 1.807) is 0 Å². The van der Waals surface area contributed by atoms with Crippen molar-refractivity contribution < 1.29 is 8.83 Å². The molecule has 0 N–H and O–H groups in total. The van der Waals surface area contributed by atoms with Crippen molar-refractivity contribution in [1.82, 2.24) is 0 Å². The van der Waals surface area contributed by atoms with Crippen LogP contribution < -0.4 is 30.0 Å². The summed E-state index contributed by atoms with van der Waals surface area (Å²) in [6.07, 6.45) is 0. The molecule has 0 amide bonds. The van der Waals surface area contributed by atoms with Gasteiger partial charge in [0.25, 0.3) is 0 Å². The third-order valence-corrected chi connectivity index (χ3v) is 28.4. The minimum atomic E-state index is -1.44. The van der Waals surface area contributed by atoms with Gasteiger partial charge < -0.3 is 28.4 Å². The zero-order valence-corrected chi connectivity index (χ0v) is 68.8. The van der Waals surface area contributed by atoms with E-state index >= 15 is 0 Å². The van der Waals surface area contributed by atoms with E-state index in [0.29, 0.717) is 0 Å². The van der Waals surface area contributed by atoms with Crippen molar-refractivity contribution in [1.29, 1.82) is 0 Å². The van der Waals surface area contributed by atoms with Crippen LogP contribution in [0.2, 0.25) is 39.3 Å². The van der Waals surface area contributed by atoms with Gasteiger partial charge in [-0.2, -0.15) is 0 Å². The summed E-state index contributed by atoms with van der Waals surface area (Å²) in [5.74, 6) is 4.06. The number of para-hydroxylation sites is 6. The Morgan fingerprint density at radius 3 is 0.714 bits per heavy atom. The highest BCUT2D eigenvalue weighted by Crippen LogP contribution is 2.65. The smallest absolute Gasteiger partial charge is 0.139 e. The fraction of sp³-hybridized carbons (Fsp3) is 0.173. The highest BCUT2D eigenvalue weighted by Gasteiger charge is 2.52. The van der Waals surface area contributed by atoms with E-state index in [2.05, 4.69) is 442 Å². The lowest BCUT2D eigenvalue weighted by molar-refractivity contribution is 0.592. The summed E-state index contributed by atoms with van der Waals surface area (Å²) in [5, 5.41) is 2.93. The number of nitrogens with zero attached hydrogens (tertiary/aromatic N) is 4. The number of fused-ring (bicyclic) bond motifs is 14. The summed E-state index contributed by atoms with van der Waals surface area (Å²) in [4.78, 5) is 9.53. The number of anilines is 12. The molecule has 0 unspecified atom stereocenters. The van der Waals surface area contributed by atoms with Crippen LogP contribution in [-0.2, 0) is 21.7 Å². The zero-order valence-electron chi connectivity index (χ0n) is 66.8. The molecule has 0 fully saturated rings. The first-order valence-electron chi connectivity index (χ1n) is 39.6. The fourth-order valence-corrected chi connectivity index (χ4v) is 20.8. The first-order chi connectivity index (χ1) is 53.9. The third-order valence-electron chi connectivity index (χ3n) is 24.3. The second kappa shape index (κ2) is 26.9. The molecule has 0 saturated heterocycles. The maximum atomic E-state index is 7.13.